The highest BCUT2D eigenvalue weighted by atomic mass is 16.5. The Balaban J connectivity index is 1.43. The van der Waals surface area contributed by atoms with E-state index in [-0.39, 0.29) is 24.6 Å². The maximum Gasteiger partial charge on any atom is 0.244 e. The molecule has 2 aromatic carbocycles. The standard InChI is InChI=1S/C24H28N4O3/c1-3-28(24(29)15-27-17-25-16-26-27)21-12-13-31-23(14-21)20-6-4-18(5-7-20)19-8-10-22(30-2)11-9-19/h4-11,16-17,21,23H,3,12-15H2,1-2H3/t21-,23+/m0/s1. The molecule has 1 saturated heterocycles. The van der Waals surface area contributed by atoms with Crippen molar-refractivity contribution in [2.24, 2.45) is 0 Å². The Morgan fingerprint density at radius 3 is 2.48 bits per heavy atom. The van der Waals surface area contributed by atoms with Gasteiger partial charge in [-0.3, -0.25) is 4.79 Å². The largest absolute Gasteiger partial charge is 0.497 e. The quantitative estimate of drug-likeness (QED) is 0.583. The van der Waals surface area contributed by atoms with Crippen LogP contribution in [0.4, 0.5) is 0 Å². The van der Waals surface area contributed by atoms with Gasteiger partial charge in [0.1, 0.15) is 24.9 Å². The van der Waals surface area contributed by atoms with Gasteiger partial charge in [-0.25, -0.2) is 9.67 Å². The molecular formula is C24H28N4O3. The Bertz CT molecular complexity index is 971. The van der Waals surface area contributed by atoms with Crippen molar-refractivity contribution in [2.75, 3.05) is 20.3 Å². The van der Waals surface area contributed by atoms with Crippen LogP contribution in [0.25, 0.3) is 11.1 Å². The van der Waals surface area contributed by atoms with E-state index in [1.165, 1.54) is 6.33 Å². The third-order valence-electron chi connectivity index (χ3n) is 5.83. The maximum atomic E-state index is 12.8. The van der Waals surface area contributed by atoms with Gasteiger partial charge in [0.2, 0.25) is 5.91 Å². The van der Waals surface area contributed by atoms with Crippen LogP contribution in [0.15, 0.2) is 61.2 Å². The summed E-state index contributed by atoms with van der Waals surface area (Å²) in [5.41, 5.74) is 3.43. The highest BCUT2D eigenvalue weighted by Gasteiger charge is 2.30. The maximum absolute atomic E-state index is 12.8. The van der Waals surface area contributed by atoms with Crippen LogP contribution in [-0.4, -0.2) is 51.9 Å². The molecule has 0 bridgehead atoms. The molecule has 3 aromatic rings. The Kier molecular flexibility index (Phi) is 6.62. The number of hydrogen-bond acceptors (Lipinski definition) is 5. The van der Waals surface area contributed by atoms with Crippen molar-refractivity contribution in [1.82, 2.24) is 19.7 Å². The van der Waals surface area contributed by atoms with Crippen LogP contribution in [0.1, 0.15) is 31.4 Å². The smallest absolute Gasteiger partial charge is 0.244 e. The van der Waals surface area contributed by atoms with Gasteiger partial charge in [0, 0.05) is 19.2 Å². The Labute approximate surface area is 182 Å². The predicted molar refractivity (Wildman–Crippen MR) is 118 cm³/mol. The number of carbonyl (C=O) groups is 1. The van der Waals surface area contributed by atoms with E-state index in [2.05, 4.69) is 46.5 Å². The Morgan fingerprint density at radius 2 is 1.87 bits per heavy atom. The number of ether oxygens (including phenoxy) is 2. The van der Waals surface area contributed by atoms with E-state index < -0.39 is 0 Å². The lowest BCUT2D eigenvalue weighted by Gasteiger charge is -2.37. The molecule has 2 heterocycles. The van der Waals surface area contributed by atoms with E-state index in [0.29, 0.717) is 13.2 Å². The first-order valence-corrected chi connectivity index (χ1v) is 10.7. The molecule has 0 unspecified atom stereocenters. The van der Waals surface area contributed by atoms with E-state index in [0.717, 1.165) is 35.3 Å². The number of hydrogen-bond donors (Lipinski definition) is 0. The summed E-state index contributed by atoms with van der Waals surface area (Å²) in [6.45, 7) is 3.55. The van der Waals surface area contributed by atoms with Gasteiger partial charge >= 0.3 is 0 Å². The van der Waals surface area contributed by atoms with Crippen LogP contribution < -0.4 is 4.74 Å². The number of aromatic nitrogens is 3. The SMILES string of the molecule is CCN(C(=O)Cn1cncn1)[C@H]1CCO[C@@H](c2ccc(-c3ccc(OC)cc3)cc2)C1. The summed E-state index contributed by atoms with van der Waals surface area (Å²) in [6.07, 6.45) is 4.64. The average molecular weight is 421 g/mol. The van der Waals surface area contributed by atoms with Gasteiger partial charge < -0.3 is 14.4 Å². The highest BCUT2D eigenvalue weighted by molar-refractivity contribution is 5.76. The zero-order valence-electron chi connectivity index (χ0n) is 18.0. The van der Waals surface area contributed by atoms with E-state index >= 15 is 0 Å². The lowest BCUT2D eigenvalue weighted by atomic mass is 9.94. The minimum atomic E-state index is -0.0168. The topological polar surface area (TPSA) is 69.5 Å². The van der Waals surface area contributed by atoms with Gasteiger partial charge in [-0.1, -0.05) is 36.4 Å². The number of rotatable bonds is 7. The molecule has 1 aliphatic rings. The zero-order chi connectivity index (χ0) is 21.6. The summed E-state index contributed by atoms with van der Waals surface area (Å²) in [4.78, 5) is 18.7. The van der Waals surface area contributed by atoms with Crippen LogP contribution in [0.5, 0.6) is 5.75 Å². The van der Waals surface area contributed by atoms with Crippen molar-refractivity contribution in [2.45, 2.75) is 38.5 Å². The first-order valence-electron chi connectivity index (χ1n) is 10.7. The molecular weight excluding hydrogens is 392 g/mol. The molecule has 162 valence electrons. The Morgan fingerprint density at radius 1 is 1.16 bits per heavy atom. The molecule has 1 fully saturated rings. The lowest BCUT2D eigenvalue weighted by Crippen LogP contribution is -2.45. The third kappa shape index (κ3) is 4.94. The molecule has 4 rings (SSSR count). The fraction of sp³-hybridized carbons (Fsp3) is 0.375. The number of likely N-dealkylation sites (N-methyl/N-ethyl adjacent to an activating group) is 1. The average Bonchev–Trinajstić information content (AvgIpc) is 3.33. The summed E-state index contributed by atoms with van der Waals surface area (Å²) in [5.74, 6) is 0.911. The van der Waals surface area contributed by atoms with Crippen LogP contribution >= 0.6 is 0 Å². The fourth-order valence-corrected chi connectivity index (χ4v) is 4.15. The van der Waals surface area contributed by atoms with Crippen LogP contribution in [0.3, 0.4) is 0 Å². The summed E-state index contributed by atoms with van der Waals surface area (Å²) < 4.78 is 12.9. The molecule has 7 nitrogen and oxygen atoms in total. The van der Waals surface area contributed by atoms with E-state index in [1.807, 2.05) is 24.0 Å². The van der Waals surface area contributed by atoms with Crippen LogP contribution in [0.2, 0.25) is 0 Å². The molecule has 1 aliphatic heterocycles. The van der Waals surface area contributed by atoms with Crippen LogP contribution in [0, 0.1) is 0 Å². The van der Waals surface area contributed by atoms with E-state index in [1.54, 1.807) is 18.1 Å². The predicted octanol–water partition coefficient (Wildman–Crippen LogP) is 3.72. The molecule has 31 heavy (non-hydrogen) atoms. The second kappa shape index (κ2) is 9.75. The summed E-state index contributed by atoms with van der Waals surface area (Å²) in [6, 6.07) is 16.7. The normalized spacial score (nSPS) is 18.5. The number of nitrogens with zero attached hydrogens (tertiary/aromatic N) is 4. The van der Waals surface area contributed by atoms with Crippen LogP contribution in [-0.2, 0) is 16.1 Å². The molecule has 7 heteroatoms. The van der Waals surface area contributed by atoms with Crippen molar-refractivity contribution in [1.29, 1.82) is 0 Å². The van der Waals surface area contributed by atoms with Crippen molar-refractivity contribution < 1.29 is 14.3 Å². The highest BCUT2D eigenvalue weighted by Crippen LogP contribution is 2.32. The molecule has 0 saturated carbocycles. The molecule has 0 aliphatic carbocycles. The molecule has 1 aromatic heterocycles. The van der Waals surface area contributed by atoms with Gasteiger partial charge in [-0.05, 0) is 48.6 Å². The minimum Gasteiger partial charge on any atom is -0.497 e. The zero-order valence-corrected chi connectivity index (χ0v) is 18.0. The molecule has 0 N–H and O–H groups in total. The van der Waals surface area contributed by atoms with Gasteiger partial charge in [0.25, 0.3) is 0 Å². The van der Waals surface area contributed by atoms with Gasteiger partial charge in [0.05, 0.1) is 13.2 Å². The molecule has 2 atom stereocenters. The van der Waals surface area contributed by atoms with Crippen molar-refractivity contribution in [3.8, 4) is 16.9 Å². The minimum absolute atomic E-state index is 0.0168. The first-order chi connectivity index (χ1) is 15.2. The van der Waals surface area contributed by atoms with Crippen molar-refractivity contribution >= 4 is 5.91 Å². The lowest BCUT2D eigenvalue weighted by molar-refractivity contribution is -0.137. The Hall–Kier alpha value is -3.19. The molecule has 0 radical (unpaired) electrons. The summed E-state index contributed by atoms with van der Waals surface area (Å²) in [5, 5.41) is 4.05. The summed E-state index contributed by atoms with van der Waals surface area (Å²) >= 11 is 0. The second-order valence-corrected chi connectivity index (χ2v) is 7.66. The number of benzene rings is 2. The fourth-order valence-electron chi connectivity index (χ4n) is 4.15. The second-order valence-electron chi connectivity index (χ2n) is 7.66. The number of methoxy groups -OCH3 is 1. The number of amides is 1. The van der Waals surface area contributed by atoms with Crippen molar-refractivity contribution in [3.63, 3.8) is 0 Å². The molecule has 1 amide bonds. The van der Waals surface area contributed by atoms with E-state index in [9.17, 15) is 4.79 Å². The van der Waals surface area contributed by atoms with Gasteiger partial charge in [-0.2, -0.15) is 5.10 Å². The van der Waals surface area contributed by atoms with Gasteiger partial charge in [0.15, 0.2) is 0 Å². The summed E-state index contributed by atoms with van der Waals surface area (Å²) in [7, 11) is 1.67. The number of carbonyl (C=O) groups excluding carboxylic acids is 1. The van der Waals surface area contributed by atoms with Gasteiger partial charge in [-0.15, -0.1) is 0 Å². The first kappa shape index (κ1) is 21.1. The third-order valence-corrected chi connectivity index (χ3v) is 5.83. The van der Waals surface area contributed by atoms with Crippen molar-refractivity contribution in [3.05, 3.63) is 66.7 Å². The monoisotopic (exact) mass is 420 g/mol. The van der Waals surface area contributed by atoms with E-state index in [4.69, 9.17) is 9.47 Å². The molecule has 0 spiro atoms.